The molecule has 1 aromatic carbocycles. The lowest BCUT2D eigenvalue weighted by molar-refractivity contribution is -0.119. The van der Waals surface area contributed by atoms with E-state index in [9.17, 15) is 9.59 Å². The Balaban J connectivity index is 1.54. The molecular formula is C20H20N4O2S2. The largest absolute Gasteiger partial charge is 0.335 e. The normalized spacial score (nSPS) is 14.6. The number of rotatable bonds is 5. The molecule has 1 saturated carbocycles. The molecule has 2 aromatic heterocycles. The molecule has 2 N–H and O–H groups in total. The Morgan fingerprint density at radius 2 is 1.96 bits per heavy atom. The van der Waals surface area contributed by atoms with Crippen molar-refractivity contribution >= 4 is 45.3 Å². The van der Waals surface area contributed by atoms with Gasteiger partial charge in [0, 0.05) is 16.3 Å². The number of nitrogens with zero attached hydrogens (tertiary/aromatic N) is 2. The van der Waals surface area contributed by atoms with Gasteiger partial charge in [0.05, 0.1) is 5.25 Å². The van der Waals surface area contributed by atoms with Gasteiger partial charge in [-0.2, -0.15) is 0 Å². The van der Waals surface area contributed by atoms with Gasteiger partial charge in [0.15, 0.2) is 0 Å². The summed E-state index contributed by atoms with van der Waals surface area (Å²) in [6.45, 7) is 3.62. The number of aromatic nitrogens is 2. The van der Waals surface area contributed by atoms with Crippen LogP contribution >= 0.6 is 23.1 Å². The molecule has 0 radical (unpaired) electrons. The fourth-order valence-electron chi connectivity index (χ4n) is 2.71. The third-order valence-electron chi connectivity index (χ3n) is 4.33. The number of carbonyl (C=O) groups excluding carboxylic acids is 2. The zero-order chi connectivity index (χ0) is 19.7. The molecule has 0 aliphatic heterocycles. The lowest BCUT2D eigenvalue weighted by Gasteiger charge is -2.12. The summed E-state index contributed by atoms with van der Waals surface area (Å²) in [7, 11) is 0. The van der Waals surface area contributed by atoms with E-state index in [-0.39, 0.29) is 11.9 Å². The van der Waals surface area contributed by atoms with E-state index in [1.165, 1.54) is 11.8 Å². The minimum absolute atomic E-state index is 0.210. The number of hydrogen-bond donors (Lipinski definition) is 2. The van der Waals surface area contributed by atoms with Crippen LogP contribution in [-0.4, -0.2) is 33.2 Å². The van der Waals surface area contributed by atoms with Crippen LogP contribution in [0.15, 0.2) is 41.4 Å². The van der Waals surface area contributed by atoms with Gasteiger partial charge in [-0.3, -0.25) is 10.1 Å². The van der Waals surface area contributed by atoms with Crippen molar-refractivity contribution in [3.05, 3.63) is 42.2 Å². The van der Waals surface area contributed by atoms with Crippen LogP contribution in [0.25, 0.3) is 20.7 Å². The third kappa shape index (κ3) is 4.34. The van der Waals surface area contributed by atoms with E-state index in [0.29, 0.717) is 5.82 Å². The van der Waals surface area contributed by atoms with E-state index in [2.05, 4.69) is 38.8 Å². The third-order valence-corrected chi connectivity index (χ3v) is 6.51. The Bertz CT molecular complexity index is 1030. The standard InChI is InChI=1S/C20H20N4O2S2/c1-11(17(25)24-20(26)23-14-8-9-14)27-18-15-10-16(13-6-4-3-5-7-13)28-19(15)22-12(2)21-18/h3-7,10-11,14H,8-9H2,1-2H3,(H2,23,24,25,26). The second kappa shape index (κ2) is 7.89. The monoisotopic (exact) mass is 412 g/mol. The lowest BCUT2D eigenvalue weighted by atomic mass is 10.2. The van der Waals surface area contributed by atoms with E-state index in [1.807, 2.05) is 25.1 Å². The van der Waals surface area contributed by atoms with Crippen molar-refractivity contribution in [3.8, 4) is 10.4 Å². The zero-order valence-electron chi connectivity index (χ0n) is 15.6. The number of benzene rings is 1. The minimum atomic E-state index is -0.456. The molecule has 1 fully saturated rings. The van der Waals surface area contributed by atoms with Gasteiger partial charge in [0.2, 0.25) is 5.91 Å². The fraction of sp³-hybridized carbons (Fsp3) is 0.300. The van der Waals surface area contributed by atoms with Gasteiger partial charge in [-0.25, -0.2) is 14.8 Å². The number of thiophene rings is 1. The van der Waals surface area contributed by atoms with Gasteiger partial charge in [-0.05, 0) is 38.3 Å². The first-order valence-corrected chi connectivity index (χ1v) is 10.8. The molecule has 4 rings (SSSR count). The molecule has 6 nitrogen and oxygen atoms in total. The van der Waals surface area contributed by atoms with E-state index in [4.69, 9.17) is 0 Å². The van der Waals surface area contributed by atoms with Gasteiger partial charge in [-0.15, -0.1) is 11.3 Å². The Morgan fingerprint density at radius 1 is 1.21 bits per heavy atom. The maximum absolute atomic E-state index is 12.4. The predicted octanol–water partition coefficient (Wildman–Crippen LogP) is 4.14. The zero-order valence-corrected chi connectivity index (χ0v) is 17.2. The minimum Gasteiger partial charge on any atom is -0.335 e. The Labute approximate surface area is 171 Å². The van der Waals surface area contributed by atoms with Crippen LogP contribution in [0.3, 0.4) is 0 Å². The smallest absolute Gasteiger partial charge is 0.321 e. The molecular weight excluding hydrogens is 392 g/mol. The van der Waals surface area contributed by atoms with Gasteiger partial charge < -0.3 is 5.32 Å². The maximum atomic E-state index is 12.4. The number of imide groups is 1. The van der Waals surface area contributed by atoms with Crippen LogP contribution in [0, 0.1) is 6.92 Å². The highest BCUT2D eigenvalue weighted by atomic mass is 32.2. The van der Waals surface area contributed by atoms with Gasteiger partial charge >= 0.3 is 6.03 Å². The molecule has 3 amide bonds. The van der Waals surface area contributed by atoms with Gasteiger partial charge in [-0.1, -0.05) is 42.1 Å². The number of urea groups is 1. The number of amides is 3. The summed E-state index contributed by atoms with van der Waals surface area (Å²) in [6.07, 6.45) is 1.96. The predicted molar refractivity (Wildman–Crippen MR) is 113 cm³/mol. The molecule has 28 heavy (non-hydrogen) atoms. The molecule has 0 bridgehead atoms. The number of thioether (sulfide) groups is 1. The summed E-state index contributed by atoms with van der Waals surface area (Å²) in [6, 6.07) is 12.0. The number of nitrogens with one attached hydrogen (secondary N) is 2. The highest BCUT2D eigenvalue weighted by molar-refractivity contribution is 8.00. The van der Waals surface area contributed by atoms with Crippen molar-refractivity contribution < 1.29 is 9.59 Å². The highest BCUT2D eigenvalue weighted by Crippen LogP contribution is 2.37. The topological polar surface area (TPSA) is 84.0 Å². The van der Waals surface area contributed by atoms with Crippen LogP contribution in [-0.2, 0) is 4.79 Å². The number of carbonyl (C=O) groups is 2. The van der Waals surface area contributed by atoms with Crippen molar-refractivity contribution in [2.75, 3.05) is 0 Å². The molecule has 1 aliphatic carbocycles. The molecule has 2 heterocycles. The summed E-state index contributed by atoms with van der Waals surface area (Å²) in [5.41, 5.74) is 1.13. The van der Waals surface area contributed by atoms with E-state index in [0.717, 1.165) is 38.5 Å². The molecule has 0 saturated heterocycles. The molecule has 8 heteroatoms. The lowest BCUT2D eigenvalue weighted by Crippen LogP contribution is -2.43. The molecule has 1 unspecified atom stereocenters. The number of aryl methyl sites for hydroxylation is 1. The van der Waals surface area contributed by atoms with Gasteiger partial charge in [0.1, 0.15) is 15.7 Å². The Kier molecular flexibility index (Phi) is 5.32. The summed E-state index contributed by atoms with van der Waals surface area (Å²) in [5, 5.41) is 6.41. The van der Waals surface area contributed by atoms with Crippen molar-refractivity contribution in [1.29, 1.82) is 0 Å². The first kappa shape index (κ1) is 18.9. The van der Waals surface area contributed by atoms with Gasteiger partial charge in [0.25, 0.3) is 0 Å². The SMILES string of the molecule is Cc1nc(SC(C)C(=O)NC(=O)NC2CC2)c2cc(-c3ccccc3)sc2n1. The van der Waals surface area contributed by atoms with E-state index >= 15 is 0 Å². The first-order chi connectivity index (χ1) is 13.5. The Hall–Kier alpha value is -2.45. The van der Waals surface area contributed by atoms with Crippen molar-refractivity contribution in [1.82, 2.24) is 20.6 Å². The fourth-order valence-corrected chi connectivity index (χ4v) is 4.83. The van der Waals surface area contributed by atoms with Crippen LogP contribution in [0.1, 0.15) is 25.6 Å². The van der Waals surface area contributed by atoms with Crippen LogP contribution < -0.4 is 10.6 Å². The number of hydrogen-bond acceptors (Lipinski definition) is 6. The summed E-state index contributed by atoms with van der Waals surface area (Å²) < 4.78 is 0. The second-order valence-corrected chi connectivity index (χ2v) is 9.13. The second-order valence-electron chi connectivity index (χ2n) is 6.77. The first-order valence-electron chi connectivity index (χ1n) is 9.11. The summed E-state index contributed by atoms with van der Waals surface area (Å²) >= 11 is 2.95. The molecule has 0 spiro atoms. The molecule has 1 atom stereocenters. The van der Waals surface area contributed by atoms with Crippen LogP contribution in [0.4, 0.5) is 4.79 Å². The van der Waals surface area contributed by atoms with Crippen molar-refractivity contribution in [3.63, 3.8) is 0 Å². The molecule has 1 aliphatic rings. The van der Waals surface area contributed by atoms with Crippen LogP contribution in [0.2, 0.25) is 0 Å². The Morgan fingerprint density at radius 3 is 2.68 bits per heavy atom. The highest BCUT2D eigenvalue weighted by Gasteiger charge is 2.25. The average Bonchev–Trinajstić information content (AvgIpc) is 3.37. The van der Waals surface area contributed by atoms with Crippen LogP contribution in [0.5, 0.6) is 0 Å². The quantitative estimate of drug-likeness (QED) is 0.486. The number of fused-ring (bicyclic) bond motifs is 1. The van der Waals surface area contributed by atoms with Crippen molar-refractivity contribution in [2.24, 2.45) is 0 Å². The van der Waals surface area contributed by atoms with E-state index in [1.54, 1.807) is 18.3 Å². The summed E-state index contributed by atoms with van der Waals surface area (Å²) in [4.78, 5) is 35.3. The average molecular weight is 413 g/mol. The van der Waals surface area contributed by atoms with E-state index < -0.39 is 11.3 Å². The molecule has 144 valence electrons. The summed E-state index contributed by atoms with van der Waals surface area (Å²) in [5.74, 6) is 0.335. The molecule has 3 aromatic rings. The van der Waals surface area contributed by atoms with Crippen molar-refractivity contribution in [2.45, 2.75) is 43.0 Å². The maximum Gasteiger partial charge on any atom is 0.321 e.